The number of alkyl halides is 1. The Kier molecular flexibility index (Phi) is 1.57. The first kappa shape index (κ1) is 8.21. The average molecular weight is 172 g/mol. The number of hydrogen-bond acceptors (Lipinski definition) is 0. The molecule has 3 rings (SSSR count). The van der Waals surface area contributed by atoms with E-state index in [0.29, 0.717) is 38.5 Å². The van der Waals surface area contributed by atoms with Gasteiger partial charge in [-0.3, -0.25) is 0 Å². The summed E-state index contributed by atoms with van der Waals surface area (Å²) in [7, 11) is 0. The summed E-state index contributed by atoms with van der Waals surface area (Å²) in [6, 6.07) is 0. The summed E-state index contributed by atoms with van der Waals surface area (Å²) >= 11 is 0. The van der Waals surface area contributed by atoms with E-state index in [2.05, 4.69) is 6.58 Å². The topological polar surface area (TPSA) is 0 Å². The first-order valence-corrected chi connectivity index (χ1v) is 4.60. The minimum absolute atomic E-state index is 0.218. The van der Waals surface area contributed by atoms with E-state index in [1.165, 1.54) is 0 Å². The number of halogens is 2. The molecule has 12 heavy (non-hydrogen) atoms. The first-order chi connectivity index (χ1) is 5.56. The van der Waals surface area contributed by atoms with Gasteiger partial charge in [0.1, 0.15) is 5.67 Å². The van der Waals surface area contributed by atoms with Crippen LogP contribution in [0.15, 0.2) is 12.4 Å². The molecule has 2 bridgehead atoms. The van der Waals surface area contributed by atoms with E-state index in [9.17, 15) is 8.78 Å². The van der Waals surface area contributed by atoms with Crippen molar-refractivity contribution in [1.29, 1.82) is 0 Å². The van der Waals surface area contributed by atoms with Gasteiger partial charge in [0.15, 0.2) is 0 Å². The van der Waals surface area contributed by atoms with Crippen molar-refractivity contribution < 1.29 is 8.78 Å². The predicted octanol–water partition coefficient (Wildman–Crippen LogP) is 3.53. The molecule has 0 N–H and O–H groups in total. The highest BCUT2D eigenvalue weighted by atomic mass is 19.1. The van der Waals surface area contributed by atoms with Crippen LogP contribution in [0.2, 0.25) is 0 Å². The number of fused-ring (bicyclic) bond motifs is 3. The fraction of sp³-hybridized carbons (Fsp3) is 0.800. The Bertz CT molecular complexity index is 195. The lowest BCUT2D eigenvalue weighted by Crippen LogP contribution is -2.43. The standard InChI is InChI=1S/C10H14F2/c1-8(11)9-2-5-10(12,6-3-9)7-4-9/h1-7H2. The lowest BCUT2D eigenvalue weighted by Gasteiger charge is -2.48. The van der Waals surface area contributed by atoms with Gasteiger partial charge in [-0.15, -0.1) is 0 Å². The molecular weight excluding hydrogens is 158 g/mol. The van der Waals surface area contributed by atoms with Crippen LogP contribution in [-0.4, -0.2) is 5.67 Å². The first-order valence-electron chi connectivity index (χ1n) is 4.60. The Morgan fingerprint density at radius 2 is 1.42 bits per heavy atom. The molecule has 3 aliphatic carbocycles. The van der Waals surface area contributed by atoms with Gasteiger partial charge in [0.25, 0.3) is 0 Å². The summed E-state index contributed by atoms with van der Waals surface area (Å²) in [5, 5.41) is 0. The maximum absolute atomic E-state index is 13.6. The molecule has 68 valence electrons. The number of hydrogen-bond donors (Lipinski definition) is 0. The Labute approximate surface area is 71.7 Å². The van der Waals surface area contributed by atoms with Gasteiger partial charge < -0.3 is 0 Å². The summed E-state index contributed by atoms with van der Waals surface area (Å²) < 4.78 is 26.7. The van der Waals surface area contributed by atoms with Crippen LogP contribution in [-0.2, 0) is 0 Å². The third-order valence-corrected chi connectivity index (χ3v) is 3.73. The molecule has 0 aliphatic heterocycles. The third kappa shape index (κ3) is 1.00. The van der Waals surface area contributed by atoms with Crippen molar-refractivity contribution in [3.8, 4) is 0 Å². The second-order valence-corrected chi connectivity index (χ2v) is 4.34. The molecule has 0 atom stereocenters. The molecule has 0 amide bonds. The van der Waals surface area contributed by atoms with E-state index in [0.717, 1.165) is 0 Å². The highest BCUT2D eigenvalue weighted by molar-refractivity contribution is 5.11. The van der Waals surface area contributed by atoms with Gasteiger partial charge in [0.2, 0.25) is 0 Å². The van der Waals surface area contributed by atoms with Crippen molar-refractivity contribution in [2.75, 3.05) is 0 Å². The maximum Gasteiger partial charge on any atom is 0.111 e. The van der Waals surface area contributed by atoms with E-state index >= 15 is 0 Å². The summed E-state index contributed by atoms with van der Waals surface area (Å²) in [6.45, 7) is 3.38. The van der Waals surface area contributed by atoms with Gasteiger partial charge in [-0.1, -0.05) is 6.58 Å². The maximum atomic E-state index is 13.6. The van der Waals surface area contributed by atoms with Crippen LogP contribution < -0.4 is 0 Å². The third-order valence-electron chi connectivity index (χ3n) is 3.73. The van der Waals surface area contributed by atoms with Crippen molar-refractivity contribution in [3.63, 3.8) is 0 Å². The molecule has 0 spiro atoms. The minimum atomic E-state index is -0.961. The monoisotopic (exact) mass is 172 g/mol. The smallest absolute Gasteiger partial charge is 0.111 e. The zero-order valence-corrected chi connectivity index (χ0v) is 7.21. The van der Waals surface area contributed by atoms with Crippen molar-refractivity contribution in [2.45, 2.75) is 44.2 Å². The largest absolute Gasteiger partial charge is 0.244 e. The van der Waals surface area contributed by atoms with Gasteiger partial charge >= 0.3 is 0 Å². The van der Waals surface area contributed by atoms with Crippen molar-refractivity contribution in [3.05, 3.63) is 12.4 Å². The van der Waals surface area contributed by atoms with E-state index in [4.69, 9.17) is 0 Å². The van der Waals surface area contributed by atoms with Crippen LogP contribution in [0, 0.1) is 5.41 Å². The van der Waals surface area contributed by atoms with Gasteiger partial charge in [0, 0.05) is 5.41 Å². The molecule has 0 unspecified atom stereocenters. The van der Waals surface area contributed by atoms with Gasteiger partial charge in [0.05, 0.1) is 5.83 Å². The molecule has 0 heterocycles. The van der Waals surface area contributed by atoms with Crippen molar-refractivity contribution in [2.24, 2.45) is 5.41 Å². The van der Waals surface area contributed by atoms with E-state index < -0.39 is 5.67 Å². The van der Waals surface area contributed by atoms with Gasteiger partial charge in [-0.25, -0.2) is 8.78 Å². The summed E-state index contributed by atoms with van der Waals surface area (Å²) in [5.41, 5.74) is -1.30. The zero-order valence-electron chi connectivity index (χ0n) is 7.21. The molecule has 0 aromatic carbocycles. The quantitative estimate of drug-likeness (QED) is 0.567. The van der Waals surface area contributed by atoms with Crippen LogP contribution in [0.4, 0.5) is 8.78 Å². The zero-order chi connectivity index (χ0) is 8.82. The fourth-order valence-electron chi connectivity index (χ4n) is 2.55. The lowest BCUT2D eigenvalue weighted by molar-refractivity contribution is -0.0250. The Morgan fingerprint density at radius 3 is 1.75 bits per heavy atom. The highest BCUT2D eigenvalue weighted by Crippen LogP contribution is 2.57. The molecule has 0 nitrogen and oxygen atoms in total. The fourth-order valence-corrected chi connectivity index (χ4v) is 2.55. The lowest BCUT2D eigenvalue weighted by atomic mass is 9.59. The molecule has 0 aromatic heterocycles. The highest BCUT2D eigenvalue weighted by Gasteiger charge is 2.50. The van der Waals surface area contributed by atoms with E-state index in [-0.39, 0.29) is 11.2 Å². The Morgan fingerprint density at radius 1 is 1.00 bits per heavy atom. The molecule has 2 heteroatoms. The Hall–Kier alpha value is -0.400. The van der Waals surface area contributed by atoms with E-state index in [1.54, 1.807) is 0 Å². The summed E-state index contributed by atoms with van der Waals surface area (Å²) in [4.78, 5) is 0. The molecule has 3 fully saturated rings. The van der Waals surface area contributed by atoms with Crippen LogP contribution in [0.5, 0.6) is 0 Å². The second-order valence-electron chi connectivity index (χ2n) is 4.34. The van der Waals surface area contributed by atoms with Crippen LogP contribution in [0.25, 0.3) is 0 Å². The normalized spacial score (nSPS) is 46.2. The summed E-state index contributed by atoms with van der Waals surface area (Å²) in [6.07, 6.45) is 3.61. The molecule has 3 saturated carbocycles. The number of allylic oxidation sites excluding steroid dienone is 1. The van der Waals surface area contributed by atoms with Gasteiger partial charge in [-0.05, 0) is 38.5 Å². The van der Waals surface area contributed by atoms with Gasteiger partial charge in [-0.2, -0.15) is 0 Å². The summed E-state index contributed by atoms with van der Waals surface area (Å²) in [5.74, 6) is -0.218. The van der Waals surface area contributed by atoms with Crippen LogP contribution in [0.1, 0.15) is 38.5 Å². The SMILES string of the molecule is C=C(F)C12CCC(F)(CC1)CC2. The van der Waals surface area contributed by atoms with E-state index in [1.807, 2.05) is 0 Å². The molecule has 0 saturated heterocycles. The minimum Gasteiger partial charge on any atom is -0.244 e. The van der Waals surface area contributed by atoms with Crippen LogP contribution >= 0.6 is 0 Å². The van der Waals surface area contributed by atoms with Crippen molar-refractivity contribution in [1.82, 2.24) is 0 Å². The molecular formula is C10H14F2. The number of rotatable bonds is 1. The molecule has 0 radical (unpaired) electrons. The predicted molar refractivity (Wildman–Crippen MR) is 44.2 cm³/mol. The Balaban J connectivity index is 2.20. The average Bonchev–Trinajstić information content (AvgIpc) is 2.06. The second kappa shape index (κ2) is 2.30. The van der Waals surface area contributed by atoms with Crippen molar-refractivity contribution >= 4 is 0 Å². The molecule has 0 aromatic rings. The molecule has 3 aliphatic rings. The van der Waals surface area contributed by atoms with Crippen LogP contribution in [0.3, 0.4) is 0 Å².